The molecule has 0 saturated heterocycles. The van der Waals surface area contributed by atoms with Crippen molar-refractivity contribution in [3.05, 3.63) is 42.2 Å². The summed E-state index contributed by atoms with van der Waals surface area (Å²) in [6, 6.07) is 6.91. The van der Waals surface area contributed by atoms with Crippen LogP contribution in [-0.2, 0) is 11.1 Å². The Hall–Kier alpha value is -1.33. The Labute approximate surface area is 111 Å². The Morgan fingerprint density at radius 2 is 1.89 bits per heavy atom. The molecule has 18 heavy (non-hydrogen) atoms. The lowest BCUT2D eigenvalue weighted by Crippen LogP contribution is -2.21. The maximum Gasteiger partial charge on any atom is 0.186 e. The van der Waals surface area contributed by atoms with Crippen LogP contribution in [0.2, 0.25) is 0 Å². The normalized spacial score (nSPS) is 15.3. The lowest BCUT2D eigenvalue weighted by Gasteiger charge is -2.14. The van der Waals surface area contributed by atoms with E-state index in [0.717, 1.165) is 18.8 Å². The third-order valence-electron chi connectivity index (χ3n) is 2.57. The number of rotatable bonds is 2. The first-order valence-electron chi connectivity index (χ1n) is 5.83. The highest BCUT2D eigenvalue weighted by molar-refractivity contribution is 7.79. The largest absolute Gasteiger partial charge is 0.362 e. The summed E-state index contributed by atoms with van der Waals surface area (Å²) in [6.07, 6.45) is 4.20. The summed E-state index contributed by atoms with van der Waals surface area (Å²) >= 11 is -1.84. The van der Waals surface area contributed by atoms with Gasteiger partial charge in [0.2, 0.25) is 0 Å². The van der Waals surface area contributed by atoms with Crippen LogP contribution in [0, 0.1) is 6.92 Å². The van der Waals surface area contributed by atoms with Gasteiger partial charge in [-0.15, -0.1) is 0 Å². The van der Waals surface area contributed by atoms with Gasteiger partial charge in [-0.1, -0.05) is 17.7 Å². The second-order valence-electron chi connectivity index (χ2n) is 4.16. The Morgan fingerprint density at radius 1 is 1.28 bits per heavy atom. The van der Waals surface area contributed by atoms with Crippen molar-refractivity contribution >= 4 is 11.1 Å². The highest BCUT2D eigenvalue weighted by Gasteiger charge is 2.03. The molecular weight excluding hydrogens is 248 g/mol. The zero-order chi connectivity index (χ0) is 13.5. The summed E-state index contributed by atoms with van der Waals surface area (Å²) in [7, 11) is 2.08. The van der Waals surface area contributed by atoms with Crippen molar-refractivity contribution in [2.24, 2.45) is 0 Å². The lowest BCUT2D eigenvalue weighted by molar-refractivity contribution is 0.308. The molecule has 0 spiro atoms. The SMILES string of the molecule is CCN1C=CN(C)C1.Cc1ccc(S(=O)O)cc1. The first-order chi connectivity index (χ1) is 8.52. The zero-order valence-electron chi connectivity index (χ0n) is 11.0. The van der Waals surface area contributed by atoms with Crippen molar-refractivity contribution < 1.29 is 8.76 Å². The van der Waals surface area contributed by atoms with Crippen LogP contribution in [0.5, 0.6) is 0 Å². The third-order valence-corrected chi connectivity index (χ3v) is 3.24. The predicted octanol–water partition coefficient (Wildman–Crippen LogP) is 2.26. The van der Waals surface area contributed by atoms with Gasteiger partial charge in [-0.05, 0) is 26.0 Å². The fourth-order valence-electron chi connectivity index (χ4n) is 1.45. The van der Waals surface area contributed by atoms with Crippen LogP contribution in [0.25, 0.3) is 0 Å². The summed E-state index contributed by atoms with van der Waals surface area (Å²) in [6.45, 7) is 6.25. The zero-order valence-corrected chi connectivity index (χ0v) is 11.9. The van der Waals surface area contributed by atoms with Gasteiger partial charge in [0.25, 0.3) is 0 Å². The molecule has 1 aromatic carbocycles. The molecule has 0 aliphatic carbocycles. The van der Waals surface area contributed by atoms with E-state index in [1.807, 2.05) is 19.1 Å². The number of benzene rings is 1. The molecule has 1 heterocycles. The summed E-state index contributed by atoms with van der Waals surface area (Å²) in [5.41, 5.74) is 1.09. The van der Waals surface area contributed by atoms with E-state index >= 15 is 0 Å². The topological polar surface area (TPSA) is 43.8 Å². The van der Waals surface area contributed by atoms with Crippen molar-refractivity contribution in [1.82, 2.24) is 9.80 Å². The van der Waals surface area contributed by atoms with Crippen LogP contribution < -0.4 is 0 Å². The van der Waals surface area contributed by atoms with Crippen molar-refractivity contribution in [3.63, 3.8) is 0 Å². The standard InChI is InChI=1S/C7H8O2S.C6H12N2/c1-6-2-4-7(5-3-6)10(8)9;1-3-8-5-4-7(2)6-8/h2-5H,1H3,(H,8,9);4-5H,3,6H2,1-2H3. The van der Waals surface area contributed by atoms with E-state index in [4.69, 9.17) is 4.55 Å². The Balaban J connectivity index is 0.000000184. The van der Waals surface area contributed by atoms with Gasteiger partial charge in [-0.3, -0.25) is 0 Å². The van der Waals surface area contributed by atoms with E-state index in [-0.39, 0.29) is 0 Å². The Kier molecular flexibility index (Phi) is 5.88. The van der Waals surface area contributed by atoms with Gasteiger partial charge in [-0.25, -0.2) is 4.21 Å². The van der Waals surface area contributed by atoms with Gasteiger partial charge < -0.3 is 14.4 Å². The minimum atomic E-state index is -1.84. The Morgan fingerprint density at radius 3 is 2.22 bits per heavy atom. The van der Waals surface area contributed by atoms with Crippen LogP contribution in [0.1, 0.15) is 12.5 Å². The summed E-state index contributed by atoms with van der Waals surface area (Å²) in [5.74, 6) is 0. The molecule has 0 radical (unpaired) electrons. The van der Waals surface area contributed by atoms with Crippen molar-refractivity contribution in [2.75, 3.05) is 20.3 Å². The lowest BCUT2D eigenvalue weighted by atomic mass is 10.2. The number of aryl methyl sites for hydroxylation is 1. The molecule has 0 bridgehead atoms. The summed E-state index contributed by atoms with van der Waals surface area (Å²) in [4.78, 5) is 4.86. The third kappa shape index (κ3) is 4.89. The van der Waals surface area contributed by atoms with Gasteiger partial charge in [0.15, 0.2) is 11.1 Å². The maximum absolute atomic E-state index is 10.4. The predicted molar refractivity (Wildman–Crippen MR) is 74.4 cm³/mol. The van der Waals surface area contributed by atoms with Crippen molar-refractivity contribution in [3.8, 4) is 0 Å². The van der Waals surface area contributed by atoms with Crippen molar-refractivity contribution in [1.29, 1.82) is 0 Å². The summed E-state index contributed by atoms with van der Waals surface area (Å²) in [5, 5.41) is 0. The van der Waals surface area contributed by atoms with Crippen LogP contribution in [-0.4, -0.2) is 38.8 Å². The molecule has 0 amide bonds. The van der Waals surface area contributed by atoms with Crippen LogP contribution in [0.3, 0.4) is 0 Å². The number of hydrogen-bond donors (Lipinski definition) is 1. The molecule has 1 aliphatic heterocycles. The minimum Gasteiger partial charge on any atom is -0.362 e. The van der Waals surface area contributed by atoms with E-state index in [1.54, 1.807) is 12.1 Å². The number of hydrogen-bond acceptors (Lipinski definition) is 3. The molecule has 1 aliphatic rings. The maximum atomic E-state index is 10.4. The van der Waals surface area contributed by atoms with E-state index in [1.165, 1.54) is 0 Å². The average molecular weight is 268 g/mol. The minimum absolute atomic E-state index is 0.450. The monoisotopic (exact) mass is 268 g/mol. The van der Waals surface area contributed by atoms with E-state index in [2.05, 4.69) is 36.2 Å². The molecule has 0 fully saturated rings. The summed E-state index contributed by atoms with van der Waals surface area (Å²) < 4.78 is 19.0. The molecule has 1 aromatic rings. The quantitative estimate of drug-likeness (QED) is 0.836. The molecule has 4 nitrogen and oxygen atoms in total. The van der Waals surface area contributed by atoms with Crippen LogP contribution in [0.15, 0.2) is 41.6 Å². The second kappa shape index (κ2) is 7.18. The van der Waals surface area contributed by atoms with Crippen molar-refractivity contribution in [2.45, 2.75) is 18.7 Å². The average Bonchev–Trinajstić information content (AvgIpc) is 2.76. The molecule has 1 N–H and O–H groups in total. The van der Waals surface area contributed by atoms with Gasteiger partial charge in [0, 0.05) is 26.0 Å². The fourth-order valence-corrected chi connectivity index (χ4v) is 1.82. The number of nitrogens with zero attached hydrogens (tertiary/aromatic N) is 2. The molecular formula is C13H20N2O2S. The molecule has 0 saturated carbocycles. The van der Waals surface area contributed by atoms with E-state index < -0.39 is 11.1 Å². The molecule has 0 aromatic heterocycles. The molecule has 2 rings (SSSR count). The Bertz CT molecular complexity index is 418. The highest BCUT2D eigenvalue weighted by Crippen LogP contribution is 2.05. The van der Waals surface area contributed by atoms with E-state index in [9.17, 15) is 4.21 Å². The molecule has 100 valence electrons. The molecule has 5 heteroatoms. The first kappa shape index (κ1) is 14.7. The molecule has 1 atom stereocenters. The van der Waals surface area contributed by atoms with Crippen LogP contribution in [0.4, 0.5) is 0 Å². The highest BCUT2D eigenvalue weighted by atomic mass is 32.2. The smallest absolute Gasteiger partial charge is 0.186 e. The first-order valence-corrected chi connectivity index (χ1v) is 6.93. The van der Waals surface area contributed by atoms with Gasteiger partial charge in [-0.2, -0.15) is 0 Å². The van der Waals surface area contributed by atoms with Gasteiger partial charge >= 0.3 is 0 Å². The second-order valence-corrected chi connectivity index (χ2v) is 5.13. The fraction of sp³-hybridized carbons (Fsp3) is 0.385. The van der Waals surface area contributed by atoms with Gasteiger partial charge in [0.1, 0.15) is 0 Å². The molecule has 1 unspecified atom stereocenters. The van der Waals surface area contributed by atoms with Gasteiger partial charge in [0.05, 0.1) is 11.6 Å². The van der Waals surface area contributed by atoms with Crippen LogP contribution >= 0.6 is 0 Å². The van der Waals surface area contributed by atoms with E-state index in [0.29, 0.717) is 4.90 Å².